The fraction of sp³-hybridized carbons (Fsp3) is 0.500. The minimum Gasteiger partial charge on any atom is -0.457 e. The number of rotatable bonds is 3. The van der Waals surface area contributed by atoms with Crippen molar-refractivity contribution in [2.45, 2.75) is 46.6 Å². The van der Waals surface area contributed by atoms with Gasteiger partial charge in [0.05, 0.1) is 18.4 Å². The van der Waals surface area contributed by atoms with Gasteiger partial charge in [-0.15, -0.1) is 0 Å². The summed E-state index contributed by atoms with van der Waals surface area (Å²) in [6.45, 7) is 7.19. The molecule has 0 aromatic carbocycles. The van der Waals surface area contributed by atoms with Gasteiger partial charge in [0.15, 0.2) is 0 Å². The zero-order valence-electron chi connectivity index (χ0n) is 15.2. The molecule has 0 radical (unpaired) electrons. The highest BCUT2D eigenvalue weighted by Gasteiger charge is 2.44. The van der Waals surface area contributed by atoms with Gasteiger partial charge in [-0.1, -0.05) is 24.1 Å². The van der Waals surface area contributed by atoms with Gasteiger partial charge in [0.2, 0.25) is 0 Å². The first-order chi connectivity index (χ1) is 11.8. The lowest BCUT2D eigenvalue weighted by Gasteiger charge is -2.21. The molecule has 0 amide bonds. The second kappa shape index (κ2) is 8.30. The summed E-state index contributed by atoms with van der Waals surface area (Å²) in [5, 5.41) is 9.07. The summed E-state index contributed by atoms with van der Waals surface area (Å²) in [7, 11) is 0. The Morgan fingerprint density at radius 3 is 2.84 bits per heavy atom. The number of aliphatic hydroxyl groups is 1. The van der Waals surface area contributed by atoms with E-state index in [2.05, 4.69) is 6.08 Å². The van der Waals surface area contributed by atoms with E-state index in [1.807, 2.05) is 26.0 Å². The SMILES string of the molecule is C/C(=C/C(=O)O/C1=C/C(C)=C/CC/C(C)=C/[C@H]2OC(=O)[C@@H](C)[C@H]12)CO. The number of aliphatic hydroxyl groups excluding tert-OH is 1. The van der Waals surface area contributed by atoms with Gasteiger partial charge in [0.25, 0.3) is 0 Å². The third-order valence-electron chi connectivity index (χ3n) is 4.50. The Labute approximate surface area is 148 Å². The molecule has 2 aliphatic rings. The summed E-state index contributed by atoms with van der Waals surface area (Å²) < 4.78 is 11.1. The highest BCUT2D eigenvalue weighted by molar-refractivity contribution is 5.84. The Bertz CT molecular complexity index is 666. The fourth-order valence-electron chi connectivity index (χ4n) is 3.05. The van der Waals surface area contributed by atoms with Crippen molar-refractivity contribution < 1.29 is 24.2 Å². The molecule has 1 N–H and O–H groups in total. The van der Waals surface area contributed by atoms with Crippen LogP contribution in [0, 0.1) is 11.8 Å². The summed E-state index contributed by atoms with van der Waals surface area (Å²) in [4.78, 5) is 24.3. The predicted molar refractivity (Wildman–Crippen MR) is 94.3 cm³/mol. The topological polar surface area (TPSA) is 72.8 Å². The molecular formula is C20H26O5. The van der Waals surface area contributed by atoms with Crippen LogP contribution in [0.15, 0.2) is 46.8 Å². The average molecular weight is 346 g/mol. The zero-order valence-corrected chi connectivity index (χ0v) is 15.2. The van der Waals surface area contributed by atoms with E-state index in [1.54, 1.807) is 13.8 Å². The molecule has 0 aromatic heterocycles. The fourth-order valence-corrected chi connectivity index (χ4v) is 3.05. The van der Waals surface area contributed by atoms with E-state index >= 15 is 0 Å². The maximum Gasteiger partial charge on any atom is 0.335 e. The summed E-state index contributed by atoms with van der Waals surface area (Å²) in [6.07, 6.45) is 8.45. The lowest BCUT2D eigenvalue weighted by Crippen LogP contribution is -2.24. The van der Waals surface area contributed by atoms with Gasteiger partial charge in [0, 0.05) is 6.08 Å². The Morgan fingerprint density at radius 2 is 2.16 bits per heavy atom. The highest BCUT2D eigenvalue weighted by Crippen LogP contribution is 2.37. The summed E-state index contributed by atoms with van der Waals surface area (Å²) in [5.74, 6) is -1.17. The van der Waals surface area contributed by atoms with Crippen LogP contribution < -0.4 is 0 Å². The third kappa shape index (κ3) is 4.92. The largest absolute Gasteiger partial charge is 0.457 e. The van der Waals surface area contributed by atoms with Crippen LogP contribution in [-0.2, 0) is 19.1 Å². The number of hydrogen-bond acceptors (Lipinski definition) is 5. The maximum atomic E-state index is 12.2. The van der Waals surface area contributed by atoms with Crippen LogP contribution in [0.3, 0.4) is 0 Å². The normalized spacial score (nSPS) is 33.8. The smallest absolute Gasteiger partial charge is 0.335 e. The van der Waals surface area contributed by atoms with E-state index in [4.69, 9.17) is 14.6 Å². The minimum absolute atomic E-state index is 0.209. The minimum atomic E-state index is -0.561. The van der Waals surface area contributed by atoms with E-state index in [9.17, 15) is 9.59 Å². The highest BCUT2D eigenvalue weighted by atomic mass is 16.6. The second-order valence-electron chi connectivity index (χ2n) is 6.83. The first-order valence-corrected chi connectivity index (χ1v) is 8.57. The van der Waals surface area contributed by atoms with Crippen LogP contribution in [0.5, 0.6) is 0 Å². The molecule has 136 valence electrons. The van der Waals surface area contributed by atoms with Gasteiger partial charge in [-0.25, -0.2) is 4.79 Å². The van der Waals surface area contributed by atoms with Crippen LogP contribution in [0.25, 0.3) is 0 Å². The van der Waals surface area contributed by atoms with Gasteiger partial charge < -0.3 is 14.6 Å². The number of carbonyl (C=O) groups excluding carboxylic acids is 2. The predicted octanol–water partition coefficient (Wildman–Crippen LogP) is 3.22. The van der Waals surface area contributed by atoms with E-state index in [-0.39, 0.29) is 18.5 Å². The molecule has 0 bridgehead atoms. The number of ether oxygens (including phenoxy) is 2. The van der Waals surface area contributed by atoms with Crippen molar-refractivity contribution in [2.75, 3.05) is 6.61 Å². The molecule has 0 spiro atoms. The third-order valence-corrected chi connectivity index (χ3v) is 4.50. The van der Waals surface area contributed by atoms with Crippen LogP contribution in [0.2, 0.25) is 0 Å². The summed E-state index contributed by atoms with van der Waals surface area (Å²) in [6, 6.07) is 0. The van der Waals surface area contributed by atoms with E-state index in [0.29, 0.717) is 11.3 Å². The Balaban J connectivity index is 2.41. The Kier molecular flexibility index (Phi) is 6.37. The molecule has 5 heteroatoms. The number of carbonyl (C=O) groups is 2. The van der Waals surface area contributed by atoms with Crippen LogP contribution in [-0.4, -0.2) is 29.8 Å². The van der Waals surface area contributed by atoms with Crippen molar-refractivity contribution in [3.63, 3.8) is 0 Å². The van der Waals surface area contributed by atoms with Crippen molar-refractivity contribution in [1.29, 1.82) is 0 Å². The molecular weight excluding hydrogens is 320 g/mol. The maximum absolute atomic E-state index is 12.2. The van der Waals surface area contributed by atoms with Crippen LogP contribution >= 0.6 is 0 Å². The van der Waals surface area contributed by atoms with Crippen molar-refractivity contribution in [3.8, 4) is 0 Å². The first kappa shape index (κ1) is 19.2. The van der Waals surface area contributed by atoms with Crippen molar-refractivity contribution in [1.82, 2.24) is 0 Å². The first-order valence-electron chi connectivity index (χ1n) is 8.57. The molecule has 1 saturated heterocycles. The van der Waals surface area contributed by atoms with Gasteiger partial charge in [0.1, 0.15) is 11.9 Å². The van der Waals surface area contributed by atoms with Gasteiger partial charge in [-0.3, -0.25) is 4.79 Å². The number of fused-ring (bicyclic) bond motifs is 1. The van der Waals surface area contributed by atoms with Crippen molar-refractivity contribution in [3.05, 3.63) is 46.8 Å². The standard InChI is InChI=1S/C20H26O5/c1-12-6-5-7-13(2)9-17-19(15(4)20(23)25-17)16(8-12)24-18(22)10-14(3)11-21/h6,8-10,15,17,19,21H,5,7,11H2,1-4H3/b12-6+,13-9+,14-10-,16-8+/t15-,17+,19+/m0/s1. The molecule has 2 rings (SSSR count). The quantitative estimate of drug-likeness (QED) is 0.482. The number of esters is 2. The van der Waals surface area contributed by atoms with E-state index < -0.39 is 18.0 Å². The summed E-state index contributed by atoms with van der Waals surface area (Å²) >= 11 is 0. The number of hydrogen-bond donors (Lipinski definition) is 1. The lowest BCUT2D eigenvalue weighted by atomic mass is 9.87. The molecule has 1 aliphatic heterocycles. The van der Waals surface area contributed by atoms with Crippen LogP contribution in [0.1, 0.15) is 40.5 Å². The molecule has 1 heterocycles. The lowest BCUT2D eigenvalue weighted by molar-refractivity contribution is -0.142. The monoisotopic (exact) mass is 346 g/mol. The molecule has 0 saturated carbocycles. The number of allylic oxidation sites excluding steroid dienone is 4. The molecule has 0 unspecified atom stereocenters. The van der Waals surface area contributed by atoms with Crippen molar-refractivity contribution in [2.24, 2.45) is 11.8 Å². The van der Waals surface area contributed by atoms with Gasteiger partial charge >= 0.3 is 11.9 Å². The molecule has 25 heavy (non-hydrogen) atoms. The van der Waals surface area contributed by atoms with Crippen molar-refractivity contribution >= 4 is 11.9 Å². The molecule has 3 atom stereocenters. The Hall–Kier alpha value is -2.14. The second-order valence-corrected chi connectivity index (χ2v) is 6.83. The zero-order chi connectivity index (χ0) is 18.6. The Morgan fingerprint density at radius 1 is 1.44 bits per heavy atom. The molecule has 1 fully saturated rings. The van der Waals surface area contributed by atoms with E-state index in [0.717, 1.165) is 24.0 Å². The van der Waals surface area contributed by atoms with Gasteiger partial charge in [-0.05, 0) is 51.3 Å². The molecule has 0 aromatic rings. The summed E-state index contributed by atoms with van der Waals surface area (Å²) in [5.41, 5.74) is 2.63. The molecule has 1 aliphatic carbocycles. The molecule has 5 nitrogen and oxygen atoms in total. The van der Waals surface area contributed by atoms with Gasteiger partial charge in [-0.2, -0.15) is 0 Å². The van der Waals surface area contributed by atoms with Crippen LogP contribution in [0.4, 0.5) is 0 Å². The van der Waals surface area contributed by atoms with E-state index in [1.165, 1.54) is 6.08 Å². The average Bonchev–Trinajstić information content (AvgIpc) is 2.80.